The Kier molecular flexibility index (Phi) is 3.06. The van der Waals surface area contributed by atoms with Crippen molar-refractivity contribution in [3.05, 3.63) is 18.2 Å². The second-order valence-electron chi connectivity index (χ2n) is 4.07. The Morgan fingerprint density at radius 1 is 1.47 bits per heavy atom. The maximum Gasteiger partial charge on any atom is 0.128 e. The summed E-state index contributed by atoms with van der Waals surface area (Å²) in [5, 5.41) is 12.5. The summed E-state index contributed by atoms with van der Waals surface area (Å²) in [4.78, 5) is 4.19. The van der Waals surface area contributed by atoms with Crippen molar-refractivity contribution in [2.75, 3.05) is 17.7 Å². The number of nitrogen functional groups attached to an aromatic ring is 1. The molecule has 0 spiro atoms. The highest BCUT2D eigenvalue weighted by molar-refractivity contribution is 5.43. The third kappa shape index (κ3) is 2.39. The van der Waals surface area contributed by atoms with Gasteiger partial charge < -0.3 is 16.2 Å². The van der Waals surface area contributed by atoms with Gasteiger partial charge in [-0.25, -0.2) is 4.98 Å². The van der Waals surface area contributed by atoms with Gasteiger partial charge in [-0.3, -0.25) is 0 Å². The zero-order chi connectivity index (χ0) is 10.7. The van der Waals surface area contributed by atoms with Crippen molar-refractivity contribution in [2.24, 2.45) is 5.92 Å². The summed E-state index contributed by atoms with van der Waals surface area (Å²) in [7, 11) is 0. The van der Waals surface area contributed by atoms with E-state index in [9.17, 15) is 5.11 Å². The minimum atomic E-state index is 0.250. The summed E-state index contributed by atoms with van der Waals surface area (Å²) in [6, 6.07) is 5.89. The van der Waals surface area contributed by atoms with Gasteiger partial charge in [-0.2, -0.15) is 0 Å². The summed E-state index contributed by atoms with van der Waals surface area (Å²) >= 11 is 0. The molecule has 2 rings (SSSR count). The average Bonchev–Trinajstić information content (AvgIpc) is 2.65. The predicted octanol–water partition coefficient (Wildman–Crippen LogP) is 1.24. The molecule has 4 heteroatoms. The van der Waals surface area contributed by atoms with Crippen molar-refractivity contribution in [3.8, 4) is 0 Å². The summed E-state index contributed by atoms with van der Waals surface area (Å²) in [6.45, 7) is 0.250. The maximum absolute atomic E-state index is 9.18. The third-order valence-corrected chi connectivity index (χ3v) is 3.00. The fraction of sp³-hybridized carbons (Fsp3) is 0.545. The molecule has 1 aromatic heterocycles. The standard InChI is InChI=1S/C11H17N3O/c12-10-5-2-6-11(14-10)13-9-4-1-3-8(9)7-15/h2,5-6,8-9,15H,1,3-4,7H2,(H3,12,13,14). The number of anilines is 2. The van der Waals surface area contributed by atoms with E-state index in [0.717, 1.165) is 18.7 Å². The van der Waals surface area contributed by atoms with E-state index in [1.165, 1.54) is 6.42 Å². The number of rotatable bonds is 3. The van der Waals surface area contributed by atoms with Gasteiger partial charge in [-0.05, 0) is 25.0 Å². The molecule has 1 aromatic rings. The molecule has 0 saturated heterocycles. The van der Waals surface area contributed by atoms with Crippen LogP contribution >= 0.6 is 0 Å². The van der Waals surface area contributed by atoms with Crippen molar-refractivity contribution in [2.45, 2.75) is 25.3 Å². The van der Waals surface area contributed by atoms with Crippen molar-refractivity contribution < 1.29 is 5.11 Å². The van der Waals surface area contributed by atoms with Crippen LogP contribution < -0.4 is 11.1 Å². The highest BCUT2D eigenvalue weighted by atomic mass is 16.3. The number of nitrogens with zero attached hydrogens (tertiary/aromatic N) is 1. The highest BCUT2D eigenvalue weighted by Crippen LogP contribution is 2.27. The molecule has 1 aliphatic carbocycles. The Labute approximate surface area is 89.5 Å². The number of pyridine rings is 1. The molecule has 1 heterocycles. The number of nitrogens with one attached hydrogen (secondary N) is 1. The first-order chi connectivity index (χ1) is 7.29. The largest absolute Gasteiger partial charge is 0.396 e. The zero-order valence-corrected chi connectivity index (χ0v) is 8.69. The van der Waals surface area contributed by atoms with Gasteiger partial charge in [0.2, 0.25) is 0 Å². The number of nitrogens with two attached hydrogens (primary N) is 1. The van der Waals surface area contributed by atoms with Crippen LogP contribution in [-0.4, -0.2) is 22.7 Å². The van der Waals surface area contributed by atoms with Crippen LogP contribution in [0.3, 0.4) is 0 Å². The summed E-state index contributed by atoms with van der Waals surface area (Å²) in [6.07, 6.45) is 3.36. The normalized spacial score (nSPS) is 25.4. The molecule has 82 valence electrons. The second-order valence-corrected chi connectivity index (χ2v) is 4.07. The summed E-state index contributed by atoms with van der Waals surface area (Å²) in [5.41, 5.74) is 5.60. The lowest BCUT2D eigenvalue weighted by atomic mass is 10.1. The Morgan fingerprint density at radius 2 is 2.33 bits per heavy atom. The van der Waals surface area contributed by atoms with Crippen LogP contribution in [0.2, 0.25) is 0 Å². The van der Waals surface area contributed by atoms with E-state index in [1.54, 1.807) is 6.07 Å². The van der Waals surface area contributed by atoms with Crippen LogP contribution in [0, 0.1) is 5.92 Å². The van der Waals surface area contributed by atoms with Crippen molar-refractivity contribution in [1.29, 1.82) is 0 Å². The molecular formula is C11H17N3O. The molecule has 0 bridgehead atoms. The van der Waals surface area contributed by atoms with Gasteiger partial charge in [-0.15, -0.1) is 0 Å². The lowest BCUT2D eigenvalue weighted by Crippen LogP contribution is -2.26. The topological polar surface area (TPSA) is 71.2 Å². The number of aliphatic hydroxyl groups is 1. The van der Waals surface area contributed by atoms with Gasteiger partial charge in [0.15, 0.2) is 0 Å². The molecule has 1 saturated carbocycles. The molecule has 2 atom stereocenters. The molecule has 1 aliphatic rings. The molecule has 4 nitrogen and oxygen atoms in total. The first kappa shape index (κ1) is 10.2. The molecule has 0 amide bonds. The van der Waals surface area contributed by atoms with Gasteiger partial charge >= 0.3 is 0 Å². The number of aromatic nitrogens is 1. The van der Waals surface area contributed by atoms with E-state index >= 15 is 0 Å². The molecule has 15 heavy (non-hydrogen) atoms. The third-order valence-electron chi connectivity index (χ3n) is 3.00. The minimum Gasteiger partial charge on any atom is -0.396 e. The lowest BCUT2D eigenvalue weighted by Gasteiger charge is -2.19. The fourth-order valence-electron chi connectivity index (χ4n) is 2.17. The molecule has 4 N–H and O–H groups in total. The van der Waals surface area contributed by atoms with Crippen LogP contribution in [0.5, 0.6) is 0 Å². The SMILES string of the molecule is Nc1cccc(NC2CCCC2CO)n1. The van der Waals surface area contributed by atoms with E-state index in [4.69, 9.17) is 5.73 Å². The van der Waals surface area contributed by atoms with E-state index in [2.05, 4.69) is 10.3 Å². The van der Waals surface area contributed by atoms with Crippen molar-refractivity contribution in [3.63, 3.8) is 0 Å². The smallest absolute Gasteiger partial charge is 0.128 e. The van der Waals surface area contributed by atoms with Crippen LogP contribution in [0.15, 0.2) is 18.2 Å². The lowest BCUT2D eigenvalue weighted by molar-refractivity contribution is 0.222. The van der Waals surface area contributed by atoms with Gasteiger partial charge in [0, 0.05) is 18.6 Å². The van der Waals surface area contributed by atoms with Gasteiger partial charge in [0.1, 0.15) is 11.6 Å². The van der Waals surface area contributed by atoms with E-state index in [0.29, 0.717) is 17.8 Å². The van der Waals surface area contributed by atoms with E-state index in [-0.39, 0.29) is 6.61 Å². The van der Waals surface area contributed by atoms with Gasteiger partial charge in [0.25, 0.3) is 0 Å². The molecular weight excluding hydrogens is 190 g/mol. The molecule has 0 aromatic carbocycles. The first-order valence-corrected chi connectivity index (χ1v) is 5.39. The number of hydrogen-bond donors (Lipinski definition) is 3. The zero-order valence-electron chi connectivity index (χ0n) is 8.69. The predicted molar refractivity (Wildman–Crippen MR) is 60.5 cm³/mol. The monoisotopic (exact) mass is 207 g/mol. The summed E-state index contributed by atoms with van der Waals surface area (Å²) in [5.74, 6) is 1.69. The highest BCUT2D eigenvalue weighted by Gasteiger charge is 2.26. The quantitative estimate of drug-likeness (QED) is 0.697. The molecule has 0 aliphatic heterocycles. The van der Waals surface area contributed by atoms with E-state index < -0.39 is 0 Å². The Hall–Kier alpha value is -1.29. The average molecular weight is 207 g/mol. The number of aliphatic hydroxyl groups excluding tert-OH is 1. The fourth-order valence-corrected chi connectivity index (χ4v) is 2.17. The maximum atomic E-state index is 9.18. The van der Waals surface area contributed by atoms with Gasteiger partial charge in [-0.1, -0.05) is 12.5 Å². The Morgan fingerprint density at radius 3 is 3.07 bits per heavy atom. The molecule has 1 fully saturated rings. The van der Waals surface area contributed by atoms with Crippen LogP contribution in [-0.2, 0) is 0 Å². The number of hydrogen-bond acceptors (Lipinski definition) is 4. The summed E-state index contributed by atoms with van der Waals surface area (Å²) < 4.78 is 0. The first-order valence-electron chi connectivity index (χ1n) is 5.39. The molecule has 0 radical (unpaired) electrons. The van der Waals surface area contributed by atoms with Gasteiger partial charge in [0.05, 0.1) is 0 Å². The van der Waals surface area contributed by atoms with Crippen molar-refractivity contribution >= 4 is 11.6 Å². The second kappa shape index (κ2) is 4.49. The van der Waals surface area contributed by atoms with Crippen molar-refractivity contribution in [1.82, 2.24) is 4.98 Å². The van der Waals surface area contributed by atoms with E-state index in [1.807, 2.05) is 12.1 Å². The van der Waals surface area contributed by atoms with Crippen LogP contribution in [0.25, 0.3) is 0 Å². The van der Waals surface area contributed by atoms with Crippen LogP contribution in [0.4, 0.5) is 11.6 Å². The van der Waals surface area contributed by atoms with Crippen LogP contribution in [0.1, 0.15) is 19.3 Å². The molecule has 2 unspecified atom stereocenters. The Balaban J connectivity index is 2.02. The minimum absolute atomic E-state index is 0.250. The Bertz CT molecular complexity index is 329.